The Morgan fingerprint density at radius 2 is 1.61 bits per heavy atom. The number of para-hydroxylation sites is 1. The van der Waals surface area contributed by atoms with E-state index in [2.05, 4.69) is 9.71 Å². The molecule has 0 radical (unpaired) electrons. The van der Waals surface area contributed by atoms with Gasteiger partial charge in [0.25, 0.3) is 15.6 Å². The zero-order valence-electron chi connectivity index (χ0n) is 19.1. The van der Waals surface area contributed by atoms with Crippen LogP contribution in [0.2, 0.25) is 0 Å². The van der Waals surface area contributed by atoms with Crippen LogP contribution < -0.4 is 15.0 Å². The first-order valence-electron chi connectivity index (χ1n) is 10.4. The molecule has 8 heteroatoms. The Morgan fingerprint density at radius 1 is 0.909 bits per heavy atom. The number of aryl methyl sites for hydroxylation is 4. The van der Waals surface area contributed by atoms with Crippen molar-refractivity contribution in [1.29, 1.82) is 0 Å². The first kappa shape index (κ1) is 22.5. The van der Waals surface area contributed by atoms with Crippen molar-refractivity contribution >= 4 is 26.6 Å². The third-order valence-electron chi connectivity index (χ3n) is 5.73. The van der Waals surface area contributed by atoms with Crippen molar-refractivity contribution in [3.63, 3.8) is 0 Å². The molecule has 4 aromatic rings. The lowest BCUT2D eigenvalue weighted by molar-refractivity contribution is 0.402. The molecule has 7 nitrogen and oxygen atoms in total. The van der Waals surface area contributed by atoms with Gasteiger partial charge >= 0.3 is 0 Å². The summed E-state index contributed by atoms with van der Waals surface area (Å²) in [6, 6.07) is 15.6. The van der Waals surface area contributed by atoms with Gasteiger partial charge in [0.2, 0.25) is 0 Å². The molecule has 0 fully saturated rings. The van der Waals surface area contributed by atoms with E-state index in [1.807, 2.05) is 19.9 Å². The van der Waals surface area contributed by atoms with Crippen LogP contribution in [-0.4, -0.2) is 25.1 Å². The summed E-state index contributed by atoms with van der Waals surface area (Å²) in [7, 11) is -2.45. The maximum atomic E-state index is 13.2. The lowest BCUT2D eigenvalue weighted by atomic mass is 10.1. The molecule has 0 bridgehead atoms. The number of anilines is 1. The third-order valence-corrected chi connectivity index (χ3v) is 7.11. The first-order valence-corrected chi connectivity index (χ1v) is 11.9. The van der Waals surface area contributed by atoms with E-state index < -0.39 is 10.0 Å². The van der Waals surface area contributed by atoms with Crippen molar-refractivity contribution < 1.29 is 13.2 Å². The Hall–Kier alpha value is -3.65. The number of hydrogen-bond acceptors (Lipinski definition) is 5. The number of nitrogens with one attached hydrogen (secondary N) is 1. The maximum absolute atomic E-state index is 13.2. The second-order valence-electron chi connectivity index (χ2n) is 8.01. The minimum absolute atomic E-state index is 0.0716. The van der Waals surface area contributed by atoms with Crippen molar-refractivity contribution in [3.8, 4) is 11.4 Å². The molecule has 0 atom stereocenters. The van der Waals surface area contributed by atoms with E-state index in [4.69, 9.17) is 4.74 Å². The lowest BCUT2D eigenvalue weighted by Gasteiger charge is -2.16. The highest BCUT2D eigenvalue weighted by molar-refractivity contribution is 7.92. The van der Waals surface area contributed by atoms with Crippen molar-refractivity contribution in [2.75, 3.05) is 11.8 Å². The first-order chi connectivity index (χ1) is 15.6. The van der Waals surface area contributed by atoms with Gasteiger partial charge in [-0.2, -0.15) is 0 Å². The van der Waals surface area contributed by atoms with Crippen LogP contribution in [0.4, 0.5) is 5.69 Å². The van der Waals surface area contributed by atoms with Gasteiger partial charge in [0.1, 0.15) is 16.5 Å². The van der Waals surface area contributed by atoms with Crippen LogP contribution in [0.3, 0.4) is 0 Å². The summed E-state index contributed by atoms with van der Waals surface area (Å²) in [4.78, 5) is 17.7. The Bertz CT molecular complexity index is 1560. The Morgan fingerprint density at radius 3 is 2.30 bits per heavy atom. The van der Waals surface area contributed by atoms with Gasteiger partial charge in [0.05, 0.1) is 29.4 Å². The smallest absolute Gasteiger partial charge is 0.265 e. The predicted octanol–water partition coefficient (Wildman–Crippen LogP) is 4.43. The van der Waals surface area contributed by atoms with Crippen molar-refractivity contribution in [2.24, 2.45) is 0 Å². The summed E-state index contributed by atoms with van der Waals surface area (Å²) < 4.78 is 35.8. The molecule has 0 unspecified atom stereocenters. The van der Waals surface area contributed by atoms with Gasteiger partial charge in [0.15, 0.2) is 0 Å². The second-order valence-corrected chi connectivity index (χ2v) is 9.66. The summed E-state index contributed by atoms with van der Waals surface area (Å²) in [5.74, 6) is 0.829. The topological polar surface area (TPSA) is 90.3 Å². The van der Waals surface area contributed by atoms with E-state index in [0.29, 0.717) is 33.7 Å². The molecule has 0 spiro atoms. The van der Waals surface area contributed by atoms with Gasteiger partial charge in [-0.1, -0.05) is 12.1 Å². The number of rotatable bonds is 5. The van der Waals surface area contributed by atoms with Gasteiger partial charge in [-0.15, -0.1) is 0 Å². The molecule has 170 valence electrons. The normalized spacial score (nSPS) is 11.5. The Labute approximate surface area is 192 Å². The molecule has 1 aromatic heterocycles. The monoisotopic (exact) mass is 463 g/mol. The number of ether oxygens (including phenoxy) is 1. The van der Waals surface area contributed by atoms with Crippen LogP contribution in [0.5, 0.6) is 5.75 Å². The summed E-state index contributed by atoms with van der Waals surface area (Å²) in [5.41, 5.74) is 3.94. The minimum Gasteiger partial charge on any atom is -0.495 e. The summed E-state index contributed by atoms with van der Waals surface area (Å²) >= 11 is 0. The number of hydrogen-bond donors (Lipinski definition) is 1. The van der Waals surface area contributed by atoms with Crippen molar-refractivity contribution in [2.45, 2.75) is 32.6 Å². The van der Waals surface area contributed by atoms with E-state index in [9.17, 15) is 13.2 Å². The van der Waals surface area contributed by atoms with Crippen LogP contribution in [0.1, 0.15) is 22.5 Å². The van der Waals surface area contributed by atoms with Crippen LogP contribution in [0.25, 0.3) is 16.6 Å². The molecule has 0 aliphatic carbocycles. The lowest BCUT2D eigenvalue weighted by Crippen LogP contribution is -2.22. The molecule has 33 heavy (non-hydrogen) atoms. The van der Waals surface area contributed by atoms with Crippen molar-refractivity contribution in [3.05, 3.63) is 87.5 Å². The second kappa shape index (κ2) is 8.37. The van der Waals surface area contributed by atoms with Gasteiger partial charge < -0.3 is 4.74 Å². The summed E-state index contributed by atoms with van der Waals surface area (Å²) in [6.45, 7) is 7.31. The Balaban J connectivity index is 1.75. The summed E-state index contributed by atoms with van der Waals surface area (Å²) in [6.07, 6.45) is 0. The highest BCUT2D eigenvalue weighted by atomic mass is 32.2. The zero-order valence-corrected chi connectivity index (χ0v) is 19.9. The number of sulfonamides is 1. The van der Waals surface area contributed by atoms with Gasteiger partial charge in [-0.05, 0) is 86.8 Å². The molecular formula is C25H25N3O4S. The molecule has 1 heterocycles. The molecule has 0 aliphatic rings. The molecule has 0 saturated heterocycles. The van der Waals surface area contributed by atoms with Gasteiger partial charge in [-0.3, -0.25) is 14.1 Å². The molecule has 1 N–H and O–H groups in total. The van der Waals surface area contributed by atoms with Crippen LogP contribution in [0.15, 0.2) is 64.3 Å². The standard InChI is InChI=1S/C25H25N3O4S/c1-15-13-23(32-5)24(14-16(15)2)33(30,31)27-21-11-10-19(12-17(21)3)28-18(4)26-22-9-7-6-8-20(22)25(28)29/h6-14,27H,1-5H3. The average molecular weight is 464 g/mol. The van der Waals surface area contributed by atoms with Crippen LogP contribution >= 0.6 is 0 Å². The summed E-state index contributed by atoms with van der Waals surface area (Å²) in [5, 5.41) is 0.521. The fourth-order valence-electron chi connectivity index (χ4n) is 3.78. The quantitative estimate of drug-likeness (QED) is 0.473. The average Bonchev–Trinajstić information content (AvgIpc) is 2.77. The maximum Gasteiger partial charge on any atom is 0.265 e. The number of nitrogens with zero attached hydrogens (tertiary/aromatic N) is 2. The number of aromatic nitrogens is 2. The highest BCUT2D eigenvalue weighted by Gasteiger charge is 2.22. The molecule has 0 saturated carbocycles. The fraction of sp³-hybridized carbons (Fsp3) is 0.200. The molecular weight excluding hydrogens is 438 g/mol. The molecule has 3 aromatic carbocycles. The number of benzene rings is 3. The third kappa shape index (κ3) is 4.09. The molecule has 0 amide bonds. The van der Waals surface area contributed by atoms with E-state index in [1.54, 1.807) is 62.4 Å². The zero-order chi connectivity index (χ0) is 23.9. The highest BCUT2D eigenvalue weighted by Crippen LogP contribution is 2.30. The SMILES string of the molecule is COc1cc(C)c(C)cc1S(=O)(=O)Nc1ccc(-n2c(C)nc3ccccc3c2=O)cc1C. The molecule has 0 aliphatic heterocycles. The van der Waals surface area contributed by atoms with E-state index >= 15 is 0 Å². The van der Waals surface area contributed by atoms with Gasteiger partial charge in [-0.25, -0.2) is 13.4 Å². The fourth-order valence-corrected chi connectivity index (χ4v) is 5.15. The van der Waals surface area contributed by atoms with E-state index in [-0.39, 0.29) is 16.2 Å². The number of methoxy groups -OCH3 is 1. The Kier molecular flexibility index (Phi) is 5.71. The predicted molar refractivity (Wildman–Crippen MR) is 130 cm³/mol. The van der Waals surface area contributed by atoms with E-state index in [0.717, 1.165) is 11.1 Å². The van der Waals surface area contributed by atoms with E-state index in [1.165, 1.54) is 11.7 Å². The van der Waals surface area contributed by atoms with Crippen LogP contribution in [0, 0.1) is 27.7 Å². The van der Waals surface area contributed by atoms with Gasteiger partial charge in [0, 0.05) is 0 Å². The van der Waals surface area contributed by atoms with Crippen molar-refractivity contribution in [1.82, 2.24) is 9.55 Å². The van der Waals surface area contributed by atoms with Crippen LogP contribution in [-0.2, 0) is 10.0 Å². The number of fused-ring (bicyclic) bond motifs is 1. The minimum atomic E-state index is -3.90. The largest absolute Gasteiger partial charge is 0.495 e. The molecule has 4 rings (SSSR count).